The zero-order valence-electron chi connectivity index (χ0n) is 15.8. The van der Waals surface area contributed by atoms with Gasteiger partial charge in [0.05, 0.1) is 6.54 Å². The molecule has 1 aromatic carbocycles. The maximum Gasteiger partial charge on any atom is 0.213 e. The predicted molar refractivity (Wildman–Crippen MR) is 113 cm³/mol. The summed E-state index contributed by atoms with van der Waals surface area (Å²) in [6.07, 6.45) is 1.80. The van der Waals surface area contributed by atoms with Gasteiger partial charge in [-0.15, -0.1) is 11.3 Å². The maximum absolute atomic E-state index is 5.62. The molecule has 2 N–H and O–H groups in total. The Labute approximate surface area is 169 Å². The van der Waals surface area contributed by atoms with Gasteiger partial charge in [-0.05, 0) is 29.1 Å². The average molecular weight is 397 g/mol. The van der Waals surface area contributed by atoms with Crippen LogP contribution in [0.3, 0.4) is 0 Å². The van der Waals surface area contributed by atoms with Crippen LogP contribution in [0.4, 0.5) is 0 Å². The molecule has 0 spiro atoms. The number of nitrogens with one attached hydrogen (secondary N) is 2. The Morgan fingerprint density at radius 1 is 0.964 bits per heavy atom. The number of nitrogens with zero attached hydrogens (tertiary/aromatic N) is 2. The van der Waals surface area contributed by atoms with Gasteiger partial charge in [0.2, 0.25) is 5.88 Å². The molecule has 0 atom stereocenters. The molecule has 0 saturated heterocycles. The van der Waals surface area contributed by atoms with E-state index in [4.69, 9.17) is 9.47 Å². The van der Waals surface area contributed by atoms with Gasteiger partial charge in [0.1, 0.15) is 19.0 Å². The van der Waals surface area contributed by atoms with Crippen molar-refractivity contribution in [3.05, 3.63) is 76.6 Å². The molecule has 0 unspecified atom stereocenters. The zero-order chi connectivity index (χ0) is 19.4. The van der Waals surface area contributed by atoms with Gasteiger partial charge in [0, 0.05) is 30.7 Å². The molecular weight excluding hydrogens is 372 g/mol. The standard InChI is InChI=1S/C21H24N4O2S/c1-22-21(25-16-19-8-5-13-28-19)24-15-17-9-10-20(23-14-17)27-12-11-26-18-6-3-2-4-7-18/h2-10,13-14H,11-12,15-16H2,1H3,(H2,22,24,25). The third-order valence-electron chi connectivity index (χ3n) is 3.84. The van der Waals surface area contributed by atoms with Crippen LogP contribution in [-0.4, -0.2) is 31.2 Å². The monoisotopic (exact) mass is 396 g/mol. The summed E-state index contributed by atoms with van der Waals surface area (Å²) in [7, 11) is 1.76. The highest BCUT2D eigenvalue weighted by Gasteiger charge is 2.01. The Morgan fingerprint density at radius 2 is 1.79 bits per heavy atom. The zero-order valence-corrected chi connectivity index (χ0v) is 16.6. The molecule has 0 radical (unpaired) electrons. The van der Waals surface area contributed by atoms with E-state index in [9.17, 15) is 0 Å². The maximum atomic E-state index is 5.62. The molecule has 0 amide bonds. The number of para-hydroxylation sites is 1. The SMILES string of the molecule is CN=C(NCc1ccc(OCCOc2ccccc2)nc1)NCc1cccs1. The largest absolute Gasteiger partial charge is 0.490 e. The molecule has 0 saturated carbocycles. The van der Waals surface area contributed by atoms with Gasteiger partial charge in [-0.25, -0.2) is 4.98 Å². The number of hydrogen-bond acceptors (Lipinski definition) is 5. The first-order valence-electron chi connectivity index (χ1n) is 9.06. The summed E-state index contributed by atoms with van der Waals surface area (Å²) in [5, 5.41) is 8.64. The van der Waals surface area contributed by atoms with Gasteiger partial charge < -0.3 is 20.1 Å². The van der Waals surface area contributed by atoms with Crippen LogP contribution in [0.25, 0.3) is 0 Å². The van der Waals surface area contributed by atoms with Crippen LogP contribution in [0.15, 0.2) is 71.2 Å². The van der Waals surface area contributed by atoms with Crippen LogP contribution in [0.5, 0.6) is 11.6 Å². The molecule has 146 valence electrons. The van der Waals surface area contributed by atoms with E-state index in [-0.39, 0.29) is 0 Å². The van der Waals surface area contributed by atoms with E-state index in [2.05, 4.69) is 32.1 Å². The van der Waals surface area contributed by atoms with Gasteiger partial charge in [-0.3, -0.25) is 4.99 Å². The lowest BCUT2D eigenvalue weighted by molar-refractivity contribution is 0.212. The van der Waals surface area contributed by atoms with E-state index in [0.717, 1.165) is 23.8 Å². The first-order valence-corrected chi connectivity index (χ1v) is 9.94. The quantitative estimate of drug-likeness (QED) is 0.329. The van der Waals surface area contributed by atoms with Crippen molar-refractivity contribution in [3.63, 3.8) is 0 Å². The first kappa shape index (κ1) is 19.7. The molecule has 2 heterocycles. The highest BCUT2D eigenvalue weighted by molar-refractivity contribution is 7.09. The summed E-state index contributed by atoms with van der Waals surface area (Å²) < 4.78 is 11.2. The highest BCUT2D eigenvalue weighted by Crippen LogP contribution is 2.10. The van der Waals surface area contributed by atoms with Gasteiger partial charge in [-0.1, -0.05) is 30.3 Å². The Hall–Kier alpha value is -3.06. The second-order valence-electron chi connectivity index (χ2n) is 5.87. The van der Waals surface area contributed by atoms with Crippen LogP contribution in [0, 0.1) is 0 Å². The number of hydrogen-bond donors (Lipinski definition) is 2. The minimum atomic E-state index is 0.443. The predicted octanol–water partition coefficient (Wildman–Crippen LogP) is 3.47. The molecule has 6 nitrogen and oxygen atoms in total. The number of rotatable bonds is 9. The molecule has 0 aliphatic rings. The van der Waals surface area contributed by atoms with E-state index in [1.165, 1.54) is 4.88 Å². The van der Waals surface area contributed by atoms with Crippen molar-refractivity contribution in [2.45, 2.75) is 13.1 Å². The van der Waals surface area contributed by atoms with Crippen molar-refractivity contribution >= 4 is 17.3 Å². The Kier molecular flexibility index (Phi) is 7.69. The van der Waals surface area contributed by atoms with Gasteiger partial charge in [0.15, 0.2) is 5.96 Å². The molecular formula is C21H24N4O2S. The molecule has 0 fully saturated rings. The summed E-state index contributed by atoms with van der Waals surface area (Å²) in [5.74, 6) is 2.17. The average Bonchev–Trinajstić information content (AvgIpc) is 3.27. The highest BCUT2D eigenvalue weighted by atomic mass is 32.1. The van der Waals surface area contributed by atoms with Crippen molar-refractivity contribution in [2.24, 2.45) is 4.99 Å². The molecule has 0 aliphatic carbocycles. The summed E-state index contributed by atoms with van der Waals surface area (Å²) in [6.45, 7) is 2.31. The molecule has 3 aromatic rings. The lowest BCUT2D eigenvalue weighted by Gasteiger charge is -2.11. The van der Waals surface area contributed by atoms with Crippen molar-refractivity contribution in [1.29, 1.82) is 0 Å². The van der Waals surface area contributed by atoms with Crippen LogP contribution < -0.4 is 20.1 Å². The molecule has 2 aromatic heterocycles. The topological polar surface area (TPSA) is 67.8 Å². The number of ether oxygens (including phenoxy) is 2. The molecule has 7 heteroatoms. The van der Waals surface area contributed by atoms with Crippen molar-refractivity contribution in [2.75, 3.05) is 20.3 Å². The van der Waals surface area contributed by atoms with Crippen LogP contribution in [0.2, 0.25) is 0 Å². The van der Waals surface area contributed by atoms with E-state index in [1.807, 2.05) is 48.5 Å². The normalized spacial score (nSPS) is 11.1. The Bertz CT molecular complexity index is 837. The third-order valence-corrected chi connectivity index (χ3v) is 4.71. The van der Waals surface area contributed by atoms with Gasteiger partial charge in [-0.2, -0.15) is 0 Å². The van der Waals surface area contributed by atoms with E-state index < -0.39 is 0 Å². The second kappa shape index (κ2) is 10.9. The minimum absolute atomic E-state index is 0.443. The summed E-state index contributed by atoms with van der Waals surface area (Å²) in [6, 6.07) is 17.7. The van der Waals surface area contributed by atoms with Crippen molar-refractivity contribution in [1.82, 2.24) is 15.6 Å². The number of pyridine rings is 1. The number of aliphatic imine (C=N–C) groups is 1. The van der Waals surface area contributed by atoms with E-state index in [1.54, 1.807) is 24.6 Å². The second-order valence-corrected chi connectivity index (χ2v) is 6.91. The van der Waals surface area contributed by atoms with E-state index >= 15 is 0 Å². The summed E-state index contributed by atoms with van der Waals surface area (Å²) >= 11 is 1.72. The third kappa shape index (κ3) is 6.59. The van der Waals surface area contributed by atoms with Crippen LogP contribution >= 0.6 is 11.3 Å². The number of thiophene rings is 1. The fourth-order valence-corrected chi connectivity index (χ4v) is 3.06. The fraction of sp³-hybridized carbons (Fsp3) is 0.238. The smallest absolute Gasteiger partial charge is 0.213 e. The van der Waals surface area contributed by atoms with Crippen molar-refractivity contribution < 1.29 is 9.47 Å². The van der Waals surface area contributed by atoms with Gasteiger partial charge >= 0.3 is 0 Å². The number of aromatic nitrogens is 1. The molecule has 0 aliphatic heterocycles. The van der Waals surface area contributed by atoms with Crippen LogP contribution in [0.1, 0.15) is 10.4 Å². The Morgan fingerprint density at radius 3 is 2.50 bits per heavy atom. The molecule has 0 bridgehead atoms. The minimum Gasteiger partial charge on any atom is -0.490 e. The lowest BCUT2D eigenvalue weighted by atomic mass is 10.3. The number of guanidine groups is 1. The van der Waals surface area contributed by atoms with Crippen molar-refractivity contribution in [3.8, 4) is 11.6 Å². The number of benzene rings is 1. The lowest BCUT2D eigenvalue weighted by Crippen LogP contribution is -2.36. The molecule has 3 rings (SSSR count). The first-order chi connectivity index (χ1) is 13.8. The van der Waals surface area contributed by atoms with Crippen LogP contribution in [-0.2, 0) is 13.1 Å². The molecule has 28 heavy (non-hydrogen) atoms. The fourth-order valence-electron chi connectivity index (χ4n) is 2.41. The summed E-state index contributed by atoms with van der Waals surface area (Å²) in [5.41, 5.74) is 1.05. The van der Waals surface area contributed by atoms with Gasteiger partial charge in [0.25, 0.3) is 0 Å². The Balaban J connectivity index is 1.36. The van der Waals surface area contributed by atoms with E-state index in [0.29, 0.717) is 25.6 Å². The summed E-state index contributed by atoms with van der Waals surface area (Å²) in [4.78, 5) is 9.84.